The Labute approximate surface area is 184 Å². The van der Waals surface area contributed by atoms with Crippen molar-refractivity contribution < 1.29 is 9.59 Å². The van der Waals surface area contributed by atoms with Gasteiger partial charge in [0.1, 0.15) is 0 Å². The summed E-state index contributed by atoms with van der Waals surface area (Å²) in [5.74, 6) is -0.383. The van der Waals surface area contributed by atoms with Crippen LogP contribution in [-0.2, 0) is 9.59 Å². The predicted octanol–water partition coefficient (Wildman–Crippen LogP) is 4.49. The van der Waals surface area contributed by atoms with Gasteiger partial charge in [-0.2, -0.15) is 0 Å². The molecule has 0 spiro atoms. The Morgan fingerprint density at radius 3 is 2.60 bits per heavy atom. The number of halogens is 1. The average molecular weight is 466 g/mol. The maximum Gasteiger partial charge on any atom is 0.243 e. The standard InChI is InChI=1S/C24H24BrN3O2/c25-20-11-3-4-12-21(20)27-23(29)15-26-24(30)16-28-14-6-13-22(28)19-10-5-8-17-7-1-2-9-18(17)19/h1-5,7-12,22H,6,13-16H2,(H,26,30)(H,27,29). The quantitative estimate of drug-likeness (QED) is 0.563. The molecule has 5 nitrogen and oxygen atoms in total. The summed E-state index contributed by atoms with van der Waals surface area (Å²) in [6.45, 7) is 1.12. The third kappa shape index (κ3) is 4.71. The molecule has 1 heterocycles. The Kier molecular flexibility index (Phi) is 6.45. The molecule has 0 bridgehead atoms. The number of fused-ring (bicyclic) bond motifs is 1. The first-order valence-electron chi connectivity index (χ1n) is 10.1. The van der Waals surface area contributed by atoms with Crippen LogP contribution in [0, 0.1) is 0 Å². The summed E-state index contributed by atoms with van der Waals surface area (Å²) in [5, 5.41) is 8.01. The fourth-order valence-electron chi connectivity index (χ4n) is 4.08. The minimum absolute atomic E-state index is 0.0487. The Bertz CT molecular complexity index is 1060. The maximum atomic E-state index is 12.5. The molecular weight excluding hydrogens is 442 g/mol. The molecule has 1 aliphatic rings. The largest absolute Gasteiger partial charge is 0.346 e. The summed E-state index contributed by atoms with van der Waals surface area (Å²) in [6.07, 6.45) is 2.09. The number of carbonyl (C=O) groups excluding carboxylic acids is 2. The minimum atomic E-state index is -0.248. The van der Waals surface area contributed by atoms with Crippen molar-refractivity contribution in [1.82, 2.24) is 10.2 Å². The van der Waals surface area contributed by atoms with Gasteiger partial charge in [0.25, 0.3) is 0 Å². The van der Waals surface area contributed by atoms with Gasteiger partial charge in [-0.1, -0.05) is 54.6 Å². The smallest absolute Gasteiger partial charge is 0.243 e. The topological polar surface area (TPSA) is 61.4 Å². The highest BCUT2D eigenvalue weighted by molar-refractivity contribution is 9.10. The zero-order chi connectivity index (χ0) is 20.9. The molecule has 6 heteroatoms. The van der Waals surface area contributed by atoms with E-state index in [0.29, 0.717) is 5.69 Å². The van der Waals surface area contributed by atoms with Gasteiger partial charge in [-0.05, 0) is 63.8 Å². The van der Waals surface area contributed by atoms with Gasteiger partial charge in [0.2, 0.25) is 11.8 Å². The predicted molar refractivity (Wildman–Crippen MR) is 123 cm³/mol. The molecule has 154 valence electrons. The molecule has 30 heavy (non-hydrogen) atoms. The maximum absolute atomic E-state index is 12.5. The summed E-state index contributed by atoms with van der Waals surface area (Å²) in [7, 11) is 0. The normalized spacial score (nSPS) is 16.5. The van der Waals surface area contributed by atoms with E-state index >= 15 is 0 Å². The first-order valence-corrected chi connectivity index (χ1v) is 10.9. The summed E-state index contributed by atoms with van der Waals surface area (Å²) in [6, 6.07) is 22.3. The molecule has 1 aliphatic heterocycles. The van der Waals surface area contributed by atoms with Gasteiger partial charge in [-0.15, -0.1) is 0 Å². The van der Waals surface area contributed by atoms with Crippen molar-refractivity contribution in [1.29, 1.82) is 0 Å². The Hall–Kier alpha value is -2.70. The van der Waals surface area contributed by atoms with E-state index in [1.54, 1.807) is 0 Å². The van der Waals surface area contributed by atoms with Crippen LogP contribution < -0.4 is 10.6 Å². The van der Waals surface area contributed by atoms with Crippen LogP contribution in [0.5, 0.6) is 0 Å². The van der Waals surface area contributed by atoms with Crippen LogP contribution in [-0.4, -0.2) is 36.3 Å². The minimum Gasteiger partial charge on any atom is -0.346 e. The zero-order valence-electron chi connectivity index (χ0n) is 16.6. The molecule has 2 N–H and O–H groups in total. The van der Waals surface area contributed by atoms with Crippen LogP contribution in [0.25, 0.3) is 10.8 Å². The van der Waals surface area contributed by atoms with Crippen LogP contribution >= 0.6 is 15.9 Å². The number of likely N-dealkylation sites (tertiary alicyclic amines) is 1. The number of nitrogens with zero attached hydrogens (tertiary/aromatic N) is 1. The van der Waals surface area contributed by atoms with Gasteiger partial charge in [-0.3, -0.25) is 14.5 Å². The second-order valence-electron chi connectivity index (χ2n) is 7.50. The molecule has 0 aliphatic carbocycles. The van der Waals surface area contributed by atoms with E-state index in [1.807, 2.05) is 30.3 Å². The van der Waals surface area contributed by atoms with Crippen molar-refractivity contribution in [2.75, 3.05) is 25.0 Å². The van der Waals surface area contributed by atoms with Gasteiger partial charge in [0.15, 0.2) is 0 Å². The fraction of sp³-hybridized carbons (Fsp3) is 0.250. The van der Waals surface area contributed by atoms with Crippen molar-refractivity contribution >= 4 is 44.2 Å². The van der Waals surface area contributed by atoms with E-state index in [9.17, 15) is 9.59 Å². The molecule has 0 radical (unpaired) electrons. The van der Waals surface area contributed by atoms with Crippen molar-refractivity contribution in [3.63, 3.8) is 0 Å². The zero-order valence-corrected chi connectivity index (χ0v) is 18.2. The number of anilines is 1. The molecule has 3 aromatic carbocycles. The van der Waals surface area contributed by atoms with Crippen LogP contribution in [0.15, 0.2) is 71.2 Å². The second kappa shape index (κ2) is 9.41. The molecule has 1 atom stereocenters. The van der Waals surface area contributed by atoms with Crippen LogP contribution in [0.2, 0.25) is 0 Å². The lowest BCUT2D eigenvalue weighted by Gasteiger charge is -2.25. The lowest BCUT2D eigenvalue weighted by atomic mass is 9.97. The third-order valence-corrected chi connectivity index (χ3v) is 6.18. The van der Waals surface area contributed by atoms with Crippen molar-refractivity contribution in [2.24, 2.45) is 0 Å². The van der Waals surface area contributed by atoms with Crippen molar-refractivity contribution in [2.45, 2.75) is 18.9 Å². The van der Waals surface area contributed by atoms with E-state index < -0.39 is 0 Å². The summed E-state index contributed by atoms with van der Waals surface area (Å²) >= 11 is 3.40. The first-order chi connectivity index (χ1) is 14.6. The number of nitrogens with one attached hydrogen (secondary N) is 2. The van der Waals surface area contributed by atoms with Crippen molar-refractivity contribution in [3.05, 3.63) is 76.8 Å². The fourth-order valence-corrected chi connectivity index (χ4v) is 4.47. The monoisotopic (exact) mass is 465 g/mol. The molecule has 1 unspecified atom stereocenters. The summed E-state index contributed by atoms with van der Waals surface area (Å²) < 4.78 is 0.805. The van der Waals surface area contributed by atoms with Gasteiger partial charge in [-0.25, -0.2) is 0 Å². The molecule has 0 saturated carbocycles. The lowest BCUT2D eigenvalue weighted by Crippen LogP contribution is -2.40. The third-order valence-electron chi connectivity index (χ3n) is 5.49. The second-order valence-corrected chi connectivity index (χ2v) is 8.36. The number of carbonyl (C=O) groups is 2. The highest BCUT2D eigenvalue weighted by atomic mass is 79.9. The Morgan fingerprint density at radius 2 is 1.73 bits per heavy atom. The molecule has 1 fully saturated rings. The van der Waals surface area contributed by atoms with Crippen LogP contribution in [0.3, 0.4) is 0 Å². The van der Waals surface area contributed by atoms with E-state index in [2.05, 4.69) is 67.9 Å². The van der Waals surface area contributed by atoms with Crippen molar-refractivity contribution in [3.8, 4) is 0 Å². The molecule has 3 aromatic rings. The molecule has 4 rings (SSSR count). The van der Waals surface area contributed by atoms with E-state index in [0.717, 1.165) is 23.9 Å². The molecule has 0 aromatic heterocycles. The number of hydrogen-bond donors (Lipinski definition) is 2. The molecule has 2 amide bonds. The van der Waals surface area contributed by atoms with Gasteiger partial charge < -0.3 is 10.6 Å². The van der Waals surface area contributed by atoms with Gasteiger partial charge in [0, 0.05) is 10.5 Å². The average Bonchev–Trinajstić information content (AvgIpc) is 3.21. The SMILES string of the molecule is O=C(CN1CCCC1c1cccc2ccccc12)NCC(=O)Nc1ccccc1Br. The van der Waals surface area contributed by atoms with Gasteiger partial charge in [0.05, 0.1) is 18.8 Å². The number of benzene rings is 3. The van der Waals surface area contributed by atoms with E-state index in [1.165, 1.54) is 16.3 Å². The molecular formula is C24H24BrN3O2. The Balaban J connectivity index is 1.36. The highest BCUT2D eigenvalue weighted by Gasteiger charge is 2.28. The summed E-state index contributed by atoms with van der Waals surface area (Å²) in [4.78, 5) is 26.9. The van der Waals surface area contributed by atoms with Gasteiger partial charge >= 0.3 is 0 Å². The highest BCUT2D eigenvalue weighted by Crippen LogP contribution is 2.35. The Morgan fingerprint density at radius 1 is 0.967 bits per heavy atom. The number of rotatable bonds is 6. The first kappa shape index (κ1) is 20.6. The van der Waals surface area contributed by atoms with E-state index in [-0.39, 0.29) is 30.9 Å². The number of para-hydroxylation sites is 1. The molecule has 1 saturated heterocycles. The number of amides is 2. The van der Waals surface area contributed by atoms with Crippen LogP contribution in [0.4, 0.5) is 5.69 Å². The van der Waals surface area contributed by atoms with E-state index in [4.69, 9.17) is 0 Å². The number of hydrogen-bond acceptors (Lipinski definition) is 3. The lowest BCUT2D eigenvalue weighted by molar-refractivity contribution is -0.125. The summed E-state index contributed by atoms with van der Waals surface area (Å²) in [5.41, 5.74) is 1.96. The van der Waals surface area contributed by atoms with Crippen LogP contribution in [0.1, 0.15) is 24.4 Å².